The molecule has 0 aliphatic heterocycles. The largest absolute Gasteiger partial charge is 0.521 e. The molecule has 0 N–H and O–H groups in total. The second kappa shape index (κ2) is 6.47. The van der Waals surface area contributed by atoms with E-state index in [1.54, 1.807) is 0 Å². The molecule has 0 unspecified atom stereocenters. The van der Waals surface area contributed by atoms with Crippen molar-refractivity contribution in [3.63, 3.8) is 0 Å². The summed E-state index contributed by atoms with van der Waals surface area (Å²) in [5, 5.41) is 0. The first kappa shape index (κ1) is 15.8. The van der Waals surface area contributed by atoms with Crippen molar-refractivity contribution in [2.75, 3.05) is 0 Å². The highest BCUT2D eigenvalue weighted by atomic mass is 28.5. The van der Waals surface area contributed by atoms with E-state index in [9.17, 15) is 0 Å². The number of hydrogen-bond donors (Lipinski definition) is 0. The zero-order valence-corrected chi connectivity index (χ0v) is 15.0. The highest BCUT2D eigenvalue weighted by molar-refractivity contribution is 6.79. The average Bonchev–Trinajstić information content (AvgIpc) is 2.38. The Kier molecular flexibility index (Phi) is 4.87. The summed E-state index contributed by atoms with van der Waals surface area (Å²) in [7, 11) is -4.59. The molecule has 0 aliphatic carbocycles. The van der Waals surface area contributed by atoms with E-state index in [0.29, 0.717) is 0 Å². The van der Waals surface area contributed by atoms with E-state index < -0.39 is 17.1 Å². The van der Waals surface area contributed by atoms with Gasteiger partial charge in [-0.3, -0.25) is 0 Å². The van der Waals surface area contributed by atoms with Crippen LogP contribution in [0.4, 0.5) is 0 Å². The van der Waals surface area contributed by atoms with Crippen LogP contribution < -0.4 is 8.85 Å². The summed E-state index contributed by atoms with van der Waals surface area (Å²) in [4.78, 5) is 0. The van der Waals surface area contributed by atoms with Crippen LogP contribution in [0.2, 0.25) is 26.2 Å². The highest BCUT2D eigenvalue weighted by Gasteiger charge is 2.39. The summed E-state index contributed by atoms with van der Waals surface area (Å²) < 4.78 is 18.4. The third kappa shape index (κ3) is 5.37. The van der Waals surface area contributed by atoms with Gasteiger partial charge in [0.25, 0.3) is 0 Å². The lowest BCUT2D eigenvalue weighted by atomic mass is 10.3. The molecule has 2 aromatic carbocycles. The fourth-order valence-corrected chi connectivity index (χ4v) is 8.65. The van der Waals surface area contributed by atoms with Gasteiger partial charge in [-0.25, -0.2) is 0 Å². The van der Waals surface area contributed by atoms with Crippen molar-refractivity contribution in [2.45, 2.75) is 26.2 Å². The molecule has 0 saturated heterocycles. The Labute approximate surface area is 129 Å². The predicted molar refractivity (Wildman–Crippen MR) is 90.2 cm³/mol. The lowest BCUT2D eigenvalue weighted by molar-refractivity contribution is 0.334. The van der Waals surface area contributed by atoms with Gasteiger partial charge in [-0.2, -0.15) is 0 Å². The van der Waals surface area contributed by atoms with Gasteiger partial charge in [0, 0.05) is 0 Å². The molecular weight excluding hydrogens is 296 g/mol. The lowest BCUT2D eigenvalue weighted by Crippen LogP contribution is -2.52. The van der Waals surface area contributed by atoms with E-state index in [1.807, 2.05) is 86.9 Å². The Bertz CT molecular complexity index is 505. The van der Waals surface area contributed by atoms with E-state index in [-0.39, 0.29) is 0 Å². The minimum atomic E-state index is -2.30. The Hall–Kier alpha value is -1.57. The fraction of sp³-hybridized carbons (Fsp3) is 0.250. The average molecular weight is 319 g/mol. The first-order valence-corrected chi connectivity index (χ1v) is 12.7. The van der Waals surface area contributed by atoms with Crippen LogP contribution >= 0.6 is 0 Å². The zero-order chi connectivity index (χ0) is 15.3. The molecule has 0 amide bonds. The van der Waals surface area contributed by atoms with Gasteiger partial charge in [0.15, 0.2) is 0 Å². The SMILES string of the molecule is C[Si](C)(Oc1ccccc1)O[Si](C)(C)Oc1ccccc1. The third-order valence-corrected chi connectivity index (χ3v) is 8.09. The first-order valence-electron chi connectivity index (χ1n) is 7.05. The lowest BCUT2D eigenvalue weighted by Gasteiger charge is -2.33. The van der Waals surface area contributed by atoms with Gasteiger partial charge in [0.2, 0.25) is 0 Å². The molecule has 5 heteroatoms. The maximum absolute atomic E-state index is 6.27. The zero-order valence-electron chi connectivity index (χ0n) is 13.0. The van der Waals surface area contributed by atoms with E-state index in [4.69, 9.17) is 13.0 Å². The van der Waals surface area contributed by atoms with Crippen LogP contribution in [0.1, 0.15) is 0 Å². The normalized spacial score (nSPS) is 12.0. The van der Waals surface area contributed by atoms with Crippen LogP contribution in [-0.2, 0) is 4.12 Å². The molecule has 21 heavy (non-hydrogen) atoms. The van der Waals surface area contributed by atoms with Gasteiger partial charge in [-0.1, -0.05) is 36.4 Å². The highest BCUT2D eigenvalue weighted by Crippen LogP contribution is 2.22. The van der Waals surface area contributed by atoms with Crippen LogP contribution in [0.15, 0.2) is 60.7 Å². The molecule has 2 aromatic rings. The summed E-state index contributed by atoms with van der Waals surface area (Å²) in [6.07, 6.45) is 0. The van der Waals surface area contributed by atoms with Crippen molar-refractivity contribution in [2.24, 2.45) is 0 Å². The van der Waals surface area contributed by atoms with E-state index in [2.05, 4.69) is 0 Å². The number of benzene rings is 2. The maximum atomic E-state index is 6.27. The molecule has 0 spiro atoms. The van der Waals surface area contributed by atoms with E-state index in [1.165, 1.54) is 0 Å². The molecule has 3 nitrogen and oxygen atoms in total. The molecular formula is C16H22O3Si2. The van der Waals surface area contributed by atoms with Gasteiger partial charge >= 0.3 is 17.1 Å². The van der Waals surface area contributed by atoms with Crippen molar-refractivity contribution >= 4 is 17.1 Å². The summed E-state index contributed by atoms with van der Waals surface area (Å²) >= 11 is 0. The summed E-state index contributed by atoms with van der Waals surface area (Å²) in [5.74, 6) is 1.69. The van der Waals surface area contributed by atoms with Crippen LogP contribution in [-0.4, -0.2) is 17.1 Å². The second-order valence-electron chi connectivity index (χ2n) is 5.73. The van der Waals surface area contributed by atoms with E-state index in [0.717, 1.165) is 11.5 Å². The number of rotatable bonds is 6. The molecule has 2 rings (SSSR count). The van der Waals surface area contributed by atoms with E-state index >= 15 is 0 Å². The minimum Gasteiger partial charge on any atom is -0.521 e. The standard InChI is InChI=1S/C16H22O3Si2/c1-20(2,17-15-11-7-5-8-12-15)19-21(3,4)18-16-13-9-6-10-14-16/h5-14H,1-4H3. The van der Waals surface area contributed by atoms with Crippen molar-refractivity contribution in [3.8, 4) is 11.5 Å². The summed E-state index contributed by atoms with van der Waals surface area (Å²) in [5.41, 5.74) is 0. The molecule has 0 atom stereocenters. The van der Waals surface area contributed by atoms with Crippen molar-refractivity contribution in [3.05, 3.63) is 60.7 Å². The Morgan fingerprint density at radius 1 is 0.571 bits per heavy atom. The van der Waals surface area contributed by atoms with Crippen LogP contribution in [0.3, 0.4) is 0 Å². The first-order chi connectivity index (χ1) is 9.86. The van der Waals surface area contributed by atoms with Gasteiger partial charge in [0.1, 0.15) is 11.5 Å². The van der Waals surface area contributed by atoms with Crippen molar-refractivity contribution in [1.82, 2.24) is 0 Å². The molecule has 0 aliphatic rings. The minimum absolute atomic E-state index is 0.846. The topological polar surface area (TPSA) is 27.7 Å². The summed E-state index contributed by atoms with van der Waals surface area (Å²) in [6.45, 7) is 8.18. The predicted octanol–water partition coefficient (Wildman–Crippen LogP) is 4.56. The van der Waals surface area contributed by atoms with Crippen LogP contribution in [0, 0.1) is 0 Å². The molecule has 0 aromatic heterocycles. The quantitative estimate of drug-likeness (QED) is 0.731. The monoisotopic (exact) mass is 318 g/mol. The Balaban J connectivity index is 2.01. The number of hydrogen-bond acceptors (Lipinski definition) is 3. The Morgan fingerprint density at radius 2 is 0.905 bits per heavy atom. The molecule has 0 bridgehead atoms. The van der Waals surface area contributed by atoms with Crippen molar-refractivity contribution < 1.29 is 13.0 Å². The fourth-order valence-electron chi connectivity index (χ4n) is 2.18. The molecule has 112 valence electrons. The molecule has 0 saturated carbocycles. The van der Waals surface area contributed by atoms with Gasteiger partial charge in [-0.05, 0) is 50.5 Å². The van der Waals surface area contributed by atoms with Crippen molar-refractivity contribution in [1.29, 1.82) is 0 Å². The van der Waals surface area contributed by atoms with Crippen LogP contribution in [0.5, 0.6) is 11.5 Å². The molecule has 0 fully saturated rings. The van der Waals surface area contributed by atoms with Crippen LogP contribution in [0.25, 0.3) is 0 Å². The molecule has 0 heterocycles. The summed E-state index contributed by atoms with van der Waals surface area (Å²) in [6, 6.07) is 19.6. The Morgan fingerprint density at radius 3 is 1.24 bits per heavy atom. The van der Waals surface area contributed by atoms with Gasteiger partial charge in [-0.15, -0.1) is 0 Å². The molecule has 0 radical (unpaired) electrons. The third-order valence-electron chi connectivity index (χ3n) is 2.71. The smallest absolute Gasteiger partial charge is 0.384 e. The van der Waals surface area contributed by atoms with Gasteiger partial charge in [0.05, 0.1) is 0 Å². The second-order valence-corrected chi connectivity index (χ2v) is 12.6. The van der Waals surface area contributed by atoms with Gasteiger partial charge < -0.3 is 13.0 Å². The number of para-hydroxylation sites is 2. The maximum Gasteiger partial charge on any atom is 0.384 e.